The molecule has 1 aromatic carbocycles. The number of carbonyl (C=O) groups excluding carboxylic acids is 1. The van der Waals surface area contributed by atoms with E-state index in [1.54, 1.807) is 0 Å². The van der Waals surface area contributed by atoms with E-state index in [2.05, 4.69) is 12.2 Å². The summed E-state index contributed by atoms with van der Waals surface area (Å²) in [6.07, 6.45) is 18.1. The van der Waals surface area contributed by atoms with Crippen LogP contribution in [0.3, 0.4) is 0 Å². The van der Waals surface area contributed by atoms with Crippen LogP contribution in [0.4, 0.5) is 0 Å². The van der Waals surface area contributed by atoms with Gasteiger partial charge in [-0.3, -0.25) is 13.8 Å². The number of unbranched alkanes of at least 4 members (excludes halogenated alkanes) is 11. The van der Waals surface area contributed by atoms with Crippen LogP contribution < -0.4 is 10.1 Å². The smallest absolute Gasteiger partial charge is 0.472 e. The summed E-state index contributed by atoms with van der Waals surface area (Å²) < 4.78 is 28.8. The summed E-state index contributed by atoms with van der Waals surface area (Å²) in [7, 11) is -2.16. The highest BCUT2D eigenvalue weighted by molar-refractivity contribution is 7.47. The molecule has 1 aromatic rings. The minimum Gasteiger partial charge on any atom is -0.494 e. The van der Waals surface area contributed by atoms with E-state index >= 15 is 0 Å². The van der Waals surface area contributed by atoms with Crippen LogP contribution in [-0.2, 0) is 24.8 Å². The molecule has 0 bridgehead atoms. The molecule has 0 aliphatic carbocycles. The molecule has 1 rings (SSSR count). The molecule has 2 atom stereocenters. The molecule has 0 heterocycles. The highest BCUT2D eigenvalue weighted by Gasteiger charge is 2.24. The molecule has 3 N–H and O–H groups in total. The van der Waals surface area contributed by atoms with Crippen molar-refractivity contribution in [2.75, 3.05) is 33.4 Å². The molecule has 0 amide bonds. The Kier molecular flexibility index (Phi) is 22.4. The highest BCUT2D eigenvalue weighted by atomic mass is 31.2. The van der Waals surface area contributed by atoms with Crippen molar-refractivity contribution in [3.63, 3.8) is 0 Å². The predicted molar refractivity (Wildman–Crippen MR) is 164 cm³/mol. The van der Waals surface area contributed by atoms with Crippen molar-refractivity contribution in [1.82, 2.24) is 0 Å². The lowest BCUT2D eigenvalue weighted by molar-refractivity contribution is -0.627. The largest absolute Gasteiger partial charge is 0.494 e. The molecular weight excluding hydrogens is 525 g/mol. The van der Waals surface area contributed by atoms with E-state index in [1.165, 1.54) is 64.2 Å². The topological polar surface area (TPSA) is 98.7 Å². The molecule has 0 saturated carbocycles. The summed E-state index contributed by atoms with van der Waals surface area (Å²) in [6.45, 7) is 6.06. The molecule has 0 radical (unpaired) electrons. The first-order chi connectivity index (χ1) is 19.4. The summed E-state index contributed by atoms with van der Waals surface area (Å²) >= 11 is 0. The Balaban J connectivity index is 2.43. The van der Waals surface area contributed by atoms with Crippen LogP contribution in [-0.4, -0.2) is 44.1 Å². The van der Waals surface area contributed by atoms with E-state index in [9.17, 15) is 14.3 Å². The first-order valence-electron chi connectivity index (χ1n) is 16.0. The van der Waals surface area contributed by atoms with Gasteiger partial charge in [-0.2, -0.15) is 0 Å². The molecule has 40 heavy (non-hydrogen) atoms. The predicted octanol–water partition coefficient (Wildman–Crippen LogP) is 7.40. The van der Waals surface area contributed by atoms with Gasteiger partial charge in [0.2, 0.25) is 0 Å². The number of quaternary nitrogens is 1. The molecule has 0 aliphatic rings. The van der Waals surface area contributed by atoms with Crippen molar-refractivity contribution in [1.29, 1.82) is 0 Å². The van der Waals surface area contributed by atoms with E-state index in [0.717, 1.165) is 37.1 Å². The normalized spacial score (nSPS) is 13.7. The van der Waals surface area contributed by atoms with Crippen LogP contribution in [0, 0.1) is 5.92 Å². The fourth-order valence-electron chi connectivity index (χ4n) is 4.81. The number of phosphoric acid groups is 1. The maximum atomic E-state index is 12.4. The van der Waals surface area contributed by atoms with Gasteiger partial charge < -0.3 is 14.9 Å². The Hall–Kier alpha value is -1.24. The minimum absolute atomic E-state index is 0.00417. The van der Waals surface area contributed by atoms with Crippen molar-refractivity contribution in [3.05, 3.63) is 29.8 Å². The van der Waals surface area contributed by atoms with Gasteiger partial charge in [-0.15, -0.1) is 0 Å². The van der Waals surface area contributed by atoms with Gasteiger partial charge in [-0.1, -0.05) is 90.2 Å². The van der Waals surface area contributed by atoms with E-state index in [0.29, 0.717) is 32.3 Å². The van der Waals surface area contributed by atoms with Crippen LogP contribution in [0.1, 0.15) is 122 Å². The third kappa shape index (κ3) is 20.6. The van der Waals surface area contributed by atoms with Gasteiger partial charge in [-0.25, -0.2) is 4.57 Å². The fraction of sp³-hybridized carbons (Fsp3) is 0.781. The second kappa shape index (κ2) is 24.4. The van der Waals surface area contributed by atoms with Crippen LogP contribution >= 0.6 is 7.82 Å². The summed E-state index contributed by atoms with van der Waals surface area (Å²) in [5, 5.41) is 2.06. The van der Waals surface area contributed by atoms with E-state index in [1.807, 2.05) is 38.2 Å². The average molecular weight is 585 g/mol. The molecule has 0 fully saturated rings. The van der Waals surface area contributed by atoms with Gasteiger partial charge in [0.25, 0.3) is 0 Å². The number of phosphoric ester groups is 1. The number of rotatable bonds is 28. The van der Waals surface area contributed by atoms with E-state index in [4.69, 9.17) is 13.8 Å². The third-order valence-corrected chi connectivity index (χ3v) is 8.08. The van der Waals surface area contributed by atoms with Crippen molar-refractivity contribution >= 4 is 13.6 Å². The molecule has 0 aromatic heterocycles. The van der Waals surface area contributed by atoms with E-state index in [-0.39, 0.29) is 24.9 Å². The number of ketones is 1. The van der Waals surface area contributed by atoms with Crippen molar-refractivity contribution in [2.45, 2.75) is 123 Å². The number of hydrogen-bond donors (Lipinski definition) is 2. The van der Waals surface area contributed by atoms with Crippen LogP contribution in [0.2, 0.25) is 0 Å². The standard InChI is InChI=1S/C32H58NO6P/c1-4-6-7-8-9-10-11-12-13-14-16-23-37-32-21-18-20-29(27-32)25-30(26-31(34)19-5-2)28-39-40(35,36)38-24-17-15-22-33-3/h18,20-21,27,30,33H,4-17,19,22-26,28H2,1-3H3,(H,35,36)/p+1. The zero-order valence-electron chi connectivity index (χ0n) is 25.7. The zero-order valence-corrected chi connectivity index (χ0v) is 26.6. The number of nitrogens with two attached hydrogens (primary N) is 1. The number of carbonyl (C=O) groups is 1. The van der Waals surface area contributed by atoms with Crippen LogP contribution in [0.25, 0.3) is 0 Å². The fourth-order valence-corrected chi connectivity index (χ4v) is 5.65. The zero-order chi connectivity index (χ0) is 29.3. The van der Waals surface area contributed by atoms with Crippen molar-refractivity contribution < 1.29 is 33.4 Å². The SMILES string of the molecule is CCCCCCCCCCCCCOc1cccc(CC(COP(=O)(O)OCCCC[NH2+]C)CC(=O)CCC)c1. The first-order valence-corrected chi connectivity index (χ1v) is 17.5. The summed E-state index contributed by atoms with van der Waals surface area (Å²) in [4.78, 5) is 22.5. The summed E-state index contributed by atoms with van der Waals surface area (Å²) in [6, 6.07) is 7.94. The molecular formula is C32H59NO6P+. The Labute approximate surface area is 244 Å². The lowest BCUT2D eigenvalue weighted by Gasteiger charge is -2.19. The van der Waals surface area contributed by atoms with Crippen molar-refractivity contribution in [2.24, 2.45) is 5.92 Å². The average Bonchev–Trinajstić information content (AvgIpc) is 2.92. The number of Topliss-reactive ketones (excluding diaryl/α,β-unsaturated/α-hetero) is 1. The van der Waals surface area contributed by atoms with E-state index < -0.39 is 7.82 Å². The lowest BCUT2D eigenvalue weighted by Crippen LogP contribution is -2.79. The van der Waals surface area contributed by atoms with Gasteiger partial charge in [0.05, 0.1) is 33.4 Å². The highest BCUT2D eigenvalue weighted by Crippen LogP contribution is 2.44. The van der Waals surface area contributed by atoms with Gasteiger partial charge in [0.15, 0.2) is 0 Å². The summed E-state index contributed by atoms with van der Waals surface area (Å²) in [5.41, 5.74) is 1.03. The van der Waals surface area contributed by atoms with Gasteiger partial charge in [0.1, 0.15) is 11.5 Å². The van der Waals surface area contributed by atoms with Gasteiger partial charge >= 0.3 is 7.82 Å². The monoisotopic (exact) mass is 584 g/mol. The van der Waals surface area contributed by atoms with Gasteiger partial charge in [0, 0.05) is 12.8 Å². The number of benzene rings is 1. The minimum atomic E-state index is -4.15. The molecule has 0 spiro atoms. The molecule has 232 valence electrons. The third-order valence-electron chi connectivity index (χ3n) is 7.10. The van der Waals surface area contributed by atoms with Crippen LogP contribution in [0.5, 0.6) is 5.75 Å². The van der Waals surface area contributed by atoms with Crippen molar-refractivity contribution in [3.8, 4) is 5.75 Å². The Morgan fingerprint density at radius 3 is 2.17 bits per heavy atom. The maximum Gasteiger partial charge on any atom is 0.472 e. The quantitative estimate of drug-likeness (QED) is 0.0787. The molecule has 8 heteroatoms. The lowest BCUT2D eigenvalue weighted by atomic mass is 9.94. The first kappa shape index (κ1) is 36.8. The second-order valence-electron chi connectivity index (χ2n) is 11.1. The van der Waals surface area contributed by atoms with Crippen LogP contribution in [0.15, 0.2) is 24.3 Å². The number of ether oxygens (including phenoxy) is 1. The Bertz CT molecular complexity index is 805. The second-order valence-corrected chi connectivity index (χ2v) is 12.5. The maximum absolute atomic E-state index is 12.4. The van der Waals surface area contributed by atoms with Gasteiger partial charge in [-0.05, 0) is 55.7 Å². The Morgan fingerprint density at radius 2 is 1.52 bits per heavy atom. The summed E-state index contributed by atoms with van der Waals surface area (Å²) in [5.74, 6) is 0.758. The molecule has 2 unspecified atom stereocenters. The Morgan fingerprint density at radius 1 is 0.875 bits per heavy atom. The number of hydrogen-bond acceptors (Lipinski definition) is 5. The molecule has 7 nitrogen and oxygen atoms in total. The molecule has 0 saturated heterocycles. The molecule has 0 aliphatic heterocycles.